The number of carbonyl (C=O) groups excluding carboxylic acids is 2. The van der Waals surface area contributed by atoms with Crippen LogP contribution in [0.5, 0.6) is 5.75 Å². The van der Waals surface area contributed by atoms with E-state index in [2.05, 4.69) is 4.98 Å². The lowest BCUT2D eigenvalue weighted by Gasteiger charge is -2.42. The van der Waals surface area contributed by atoms with Gasteiger partial charge in [-0.05, 0) is 24.3 Å². The minimum absolute atomic E-state index is 0.0103. The number of primary amides is 1. The maximum absolute atomic E-state index is 13.0. The van der Waals surface area contributed by atoms with E-state index in [9.17, 15) is 14.0 Å². The zero-order valence-electron chi connectivity index (χ0n) is 14.7. The van der Waals surface area contributed by atoms with Crippen LogP contribution in [0.1, 0.15) is 6.42 Å². The summed E-state index contributed by atoms with van der Waals surface area (Å²) in [7, 11) is 0. The summed E-state index contributed by atoms with van der Waals surface area (Å²) in [6.07, 6.45) is 4.77. The van der Waals surface area contributed by atoms with E-state index in [1.54, 1.807) is 28.2 Å². The third-order valence-electron chi connectivity index (χ3n) is 4.29. The molecule has 3 rings (SSSR count). The van der Waals surface area contributed by atoms with E-state index in [1.165, 1.54) is 24.3 Å². The number of nitrogens with two attached hydrogens (primary N) is 1. The summed E-state index contributed by atoms with van der Waals surface area (Å²) in [5.41, 5.74) is 4.34. The van der Waals surface area contributed by atoms with E-state index in [-0.39, 0.29) is 44.4 Å². The van der Waals surface area contributed by atoms with Crippen LogP contribution in [-0.4, -0.2) is 58.2 Å². The van der Waals surface area contributed by atoms with E-state index >= 15 is 0 Å². The first-order valence-corrected chi connectivity index (χ1v) is 8.50. The molecule has 1 aliphatic heterocycles. The fourth-order valence-electron chi connectivity index (χ4n) is 3.00. The fraction of sp³-hybridized carbons (Fsp3) is 0.389. The lowest BCUT2D eigenvalue weighted by atomic mass is 9.97. The van der Waals surface area contributed by atoms with Gasteiger partial charge < -0.3 is 24.7 Å². The third-order valence-corrected chi connectivity index (χ3v) is 4.29. The molecule has 1 aliphatic rings. The molecule has 2 aromatic rings. The molecule has 27 heavy (non-hydrogen) atoms. The molecule has 0 bridgehead atoms. The molecule has 0 radical (unpaired) electrons. The van der Waals surface area contributed by atoms with Crippen LogP contribution in [0.4, 0.5) is 4.39 Å². The van der Waals surface area contributed by atoms with Crippen LogP contribution in [0, 0.1) is 5.82 Å². The Morgan fingerprint density at radius 2 is 2.11 bits per heavy atom. The average Bonchev–Trinajstić information content (AvgIpc) is 3.14. The molecule has 1 saturated heterocycles. The first-order valence-electron chi connectivity index (χ1n) is 8.50. The number of ether oxygens (including phenoxy) is 2. The largest absolute Gasteiger partial charge is 0.490 e. The molecule has 0 aliphatic carbocycles. The minimum Gasteiger partial charge on any atom is -0.490 e. The predicted molar refractivity (Wildman–Crippen MR) is 93.2 cm³/mol. The number of halogens is 1. The van der Waals surface area contributed by atoms with Gasteiger partial charge in [-0.25, -0.2) is 9.37 Å². The van der Waals surface area contributed by atoms with E-state index in [0.29, 0.717) is 12.3 Å². The van der Waals surface area contributed by atoms with Crippen molar-refractivity contribution >= 4 is 11.8 Å². The second-order valence-electron chi connectivity index (χ2n) is 6.47. The van der Waals surface area contributed by atoms with E-state index in [0.717, 1.165) is 0 Å². The van der Waals surface area contributed by atoms with Crippen molar-refractivity contribution in [2.75, 3.05) is 26.3 Å². The number of nitrogens with zero attached hydrogens (tertiary/aromatic N) is 3. The molecule has 2 N–H and O–H groups in total. The Kier molecular flexibility index (Phi) is 5.70. The van der Waals surface area contributed by atoms with E-state index < -0.39 is 11.5 Å². The summed E-state index contributed by atoms with van der Waals surface area (Å²) in [6, 6.07) is 5.52. The molecule has 1 fully saturated rings. The highest BCUT2D eigenvalue weighted by atomic mass is 19.1. The molecule has 9 heteroatoms. The van der Waals surface area contributed by atoms with Crippen LogP contribution < -0.4 is 10.5 Å². The van der Waals surface area contributed by atoms with E-state index in [4.69, 9.17) is 15.2 Å². The molecule has 1 aromatic carbocycles. The Balaban J connectivity index is 1.69. The van der Waals surface area contributed by atoms with Gasteiger partial charge in [0.05, 0.1) is 25.9 Å². The highest BCUT2D eigenvalue weighted by molar-refractivity contribution is 5.77. The number of hydrogen-bond acceptors (Lipinski definition) is 5. The monoisotopic (exact) mass is 376 g/mol. The summed E-state index contributed by atoms with van der Waals surface area (Å²) in [5.74, 6) is -0.612. The first kappa shape index (κ1) is 18.8. The van der Waals surface area contributed by atoms with Crippen LogP contribution >= 0.6 is 0 Å². The molecule has 1 aromatic heterocycles. The number of hydrogen-bond donors (Lipinski definition) is 1. The number of morpholine rings is 1. The van der Waals surface area contributed by atoms with Crippen molar-refractivity contribution in [2.24, 2.45) is 5.73 Å². The van der Waals surface area contributed by atoms with Gasteiger partial charge >= 0.3 is 0 Å². The van der Waals surface area contributed by atoms with Gasteiger partial charge in [-0.3, -0.25) is 9.59 Å². The maximum atomic E-state index is 13.0. The molecule has 2 amide bonds. The van der Waals surface area contributed by atoms with Crippen LogP contribution in [-0.2, 0) is 20.9 Å². The van der Waals surface area contributed by atoms with Gasteiger partial charge in [-0.1, -0.05) is 0 Å². The third kappa shape index (κ3) is 5.04. The Bertz CT molecular complexity index is 781. The minimum atomic E-state index is -1.05. The van der Waals surface area contributed by atoms with Crippen LogP contribution in [0.25, 0.3) is 0 Å². The predicted octanol–water partition coefficient (Wildman–Crippen LogP) is 0.574. The molecule has 1 atom stereocenters. The van der Waals surface area contributed by atoms with Crippen molar-refractivity contribution < 1.29 is 23.5 Å². The molecule has 0 saturated carbocycles. The summed E-state index contributed by atoms with van der Waals surface area (Å²) >= 11 is 0. The quantitative estimate of drug-likeness (QED) is 0.762. The number of carbonyl (C=O) groups is 2. The molecule has 0 spiro atoms. The lowest BCUT2D eigenvalue weighted by Crippen LogP contribution is -2.58. The molecule has 144 valence electrons. The number of amides is 2. The fourth-order valence-corrected chi connectivity index (χ4v) is 3.00. The number of benzene rings is 1. The van der Waals surface area contributed by atoms with Gasteiger partial charge in [0.15, 0.2) is 0 Å². The summed E-state index contributed by atoms with van der Waals surface area (Å²) in [6.45, 7) is 0.993. The zero-order chi connectivity index (χ0) is 19.3. The number of aromatic nitrogens is 2. The van der Waals surface area contributed by atoms with Crippen molar-refractivity contribution in [1.29, 1.82) is 0 Å². The van der Waals surface area contributed by atoms with Gasteiger partial charge in [-0.2, -0.15) is 0 Å². The lowest BCUT2D eigenvalue weighted by molar-refractivity contribution is -0.162. The average molecular weight is 376 g/mol. The molecular weight excluding hydrogens is 355 g/mol. The van der Waals surface area contributed by atoms with Gasteiger partial charge in [0.1, 0.15) is 30.3 Å². The standard InChI is InChI=1S/C18H21FN4O4/c19-14-1-3-15(4-2-14)26-12-18(9-16(20)24)11-23(7-8-27-18)17(25)10-22-6-5-21-13-22/h1-6,13H,7-12H2,(H2,20,24)/t18-/m0/s1. The van der Waals surface area contributed by atoms with Gasteiger partial charge in [0.25, 0.3) is 0 Å². The van der Waals surface area contributed by atoms with Crippen LogP contribution in [0.3, 0.4) is 0 Å². The van der Waals surface area contributed by atoms with Crippen molar-refractivity contribution in [1.82, 2.24) is 14.5 Å². The smallest absolute Gasteiger partial charge is 0.242 e. The van der Waals surface area contributed by atoms with Gasteiger partial charge in [0, 0.05) is 18.9 Å². The van der Waals surface area contributed by atoms with Crippen molar-refractivity contribution in [3.8, 4) is 5.75 Å². The molecular formula is C18H21FN4O4. The highest BCUT2D eigenvalue weighted by Gasteiger charge is 2.40. The Hall–Kier alpha value is -2.94. The topological polar surface area (TPSA) is 99.7 Å². The Morgan fingerprint density at radius 3 is 2.78 bits per heavy atom. The zero-order valence-corrected chi connectivity index (χ0v) is 14.7. The normalized spacial score (nSPS) is 19.7. The van der Waals surface area contributed by atoms with Crippen molar-refractivity contribution in [3.63, 3.8) is 0 Å². The molecule has 0 unspecified atom stereocenters. The van der Waals surface area contributed by atoms with E-state index in [1.807, 2.05) is 0 Å². The SMILES string of the molecule is NC(=O)C[C@@]1(COc2ccc(F)cc2)CN(C(=O)Cn2ccnc2)CCO1. The second-order valence-corrected chi connectivity index (χ2v) is 6.47. The van der Waals surface area contributed by atoms with Crippen LogP contribution in [0.15, 0.2) is 43.0 Å². The molecule has 2 heterocycles. The van der Waals surface area contributed by atoms with Crippen molar-refractivity contribution in [2.45, 2.75) is 18.6 Å². The number of imidazole rings is 1. The Morgan fingerprint density at radius 1 is 1.33 bits per heavy atom. The number of rotatable bonds is 7. The Labute approximate surface area is 155 Å². The summed E-state index contributed by atoms with van der Waals surface area (Å²) in [5, 5.41) is 0. The summed E-state index contributed by atoms with van der Waals surface area (Å²) in [4.78, 5) is 29.7. The van der Waals surface area contributed by atoms with Gasteiger partial charge in [0.2, 0.25) is 11.8 Å². The first-order chi connectivity index (χ1) is 13.0. The maximum Gasteiger partial charge on any atom is 0.242 e. The van der Waals surface area contributed by atoms with Crippen LogP contribution in [0.2, 0.25) is 0 Å². The highest BCUT2D eigenvalue weighted by Crippen LogP contribution is 2.24. The second kappa shape index (κ2) is 8.17. The summed E-state index contributed by atoms with van der Waals surface area (Å²) < 4.78 is 26.2. The molecule has 8 nitrogen and oxygen atoms in total. The van der Waals surface area contributed by atoms with Crippen molar-refractivity contribution in [3.05, 3.63) is 48.8 Å². The van der Waals surface area contributed by atoms with Gasteiger partial charge in [-0.15, -0.1) is 0 Å².